The van der Waals surface area contributed by atoms with Gasteiger partial charge in [0.15, 0.2) is 0 Å². The van der Waals surface area contributed by atoms with Crippen LogP contribution in [0.5, 0.6) is 0 Å². The summed E-state index contributed by atoms with van der Waals surface area (Å²) in [6, 6.07) is 0. The topological polar surface area (TPSA) is 92.7 Å². The van der Waals surface area contributed by atoms with Crippen LogP contribution in [0.3, 0.4) is 0 Å². The van der Waals surface area contributed by atoms with Crippen LogP contribution in [0.25, 0.3) is 0 Å². The molecular weight excluding hydrogens is 266 g/mol. The predicted molar refractivity (Wildman–Crippen MR) is 65.7 cm³/mol. The van der Waals surface area contributed by atoms with Crippen LogP contribution in [0.4, 0.5) is 0 Å². The van der Waals surface area contributed by atoms with Gasteiger partial charge in [-0.1, -0.05) is 0 Å². The van der Waals surface area contributed by atoms with Gasteiger partial charge in [-0.3, -0.25) is 4.79 Å². The molecule has 1 unspecified atom stereocenters. The number of ether oxygens (including phenoxy) is 1. The number of carboxylic acid groups (broad SMARTS) is 1. The van der Waals surface area contributed by atoms with Gasteiger partial charge in [-0.25, -0.2) is 8.42 Å². The molecule has 0 radical (unpaired) electrons. The number of aliphatic carboxylic acids is 1. The lowest BCUT2D eigenvalue weighted by atomic mass is 10.0. The van der Waals surface area contributed by atoms with E-state index in [0.717, 1.165) is 0 Å². The molecule has 1 atom stereocenters. The lowest BCUT2D eigenvalue weighted by Gasteiger charge is -2.24. The highest BCUT2D eigenvalue weighted by molar-refractivity contribution is 7.99. The summed E-state index contributed by atoms with van der Waals surface area (Å²) in [7, 11) is -2.07. The molecular formula is C9H17NO5S2. The van der Waals surface area contributed by atoms with Gasteiger partial charge in [0.25, 0.3) is 0 Å². The molecule has 6 nitrogen and oxygen atoms in total. The maximum Gasteiger partial charge on any atom is 0.325 e. The Morgan fingerprint density at radius 3 is 2.76 bits per heavy atom. The standard InChI is InChI=1S/C9H17NO5S2/c1-15-4-2-6-17(13,14)10-9(8(11)12)3-5-16-7-9/h10H,2-7H2,1H3,(H,11,12). The summed E-state index contributed by atoms with van der Waals surface area (Å²) in [5.74, 6) is -0.267. The Bertz CT molecular complexity index is 362. The minimum atomic E-state index is -3.56. The number of thioether (sulfide) groups is 1. The van der Waals surface area contributed by atoms with Gasteiger partial charge in [0.05, 0.1) is 5.75 Å². The van der Waals surface area contributed by atoms with Crippen molar-refractivity contribution < 1.29 is 23.1 Å². The first kappa shape index (κ1) is 14.7. The molecule has 0 spiro atoms. The number of methoxy groups -OCH3 is 1. The molecule has 0 aliphatic carbocycles. The Kier molecular flexibility index (Phi) is 5.23. The average Bonchev–Trinajstić information content (AvgIpc) is 2.67. The van der Waals surface area contributed by atoms with Gasteiger partial charge in [0.1, 0.15) is 5.54 Å². The zero-order valence-corrected chi connectivity index (χ0v) is 11.3. The Morgan fingerprint density at radius 2 is 2.29 bits per heavy atom. The second-order valence-corrected chi connectivity index (χ2v) is 6.90. The Balaban J connectivity index is 2.64. The van der Waals surface area contributed by atoms with Crippen molar-refractivity contribution in [1.29, 1.82) is 0 Å². The number of rotatable bonds is 7. The minimum absolute atomic E-state index is 0.111. The van der Waals surface area contributed by atoms with E-state index in [0.29, 0.717) is 25.2 Å². The lowest BCUT2D eigenvalue weighted by molar-refractivity contribution is -0.142. The number of hydrogen-bond donors (Lipinski definition) is 2. The summed E-state index contributed by atoms with van der Waals surface area (Å²) in [4.78, 5) is 11.2. The van der Waals surface area contributed by atoms with Crippen LogP contribution in [-0.2, 0) is 19.6 Å². The number of carbonyl (C=O) groups is 1. The van der Waals surface area contributed by atoms with E-state index < -0.39 is 21.5 Å². The normalized spacial score (nSPS) is 25.0. The third kappa shape index (κ3) is 4.13. The highest BCUT2D eigenvalue weighted by Gasteiger charge is 2.44. The van der Waals surface area contributed by atoms with Crippen molar-refractivity contribution in [3.63, 3.8) is 0 Å². The van der Waals surface area contributed by atoms with Gasteiger partial charge < -0.3 is 9.84 Å². The Hall–Kier alpha value is -0.310. The van der Waals surface area contributed by atoms with E-state index in [1.165, 1.54) is 18.9 Å². The van der Waals surface area contributed by atoms with Crippen molar-refractivity contribution in [2.45, 2.75) is 18.4 Å². The van der Waals surface area contributed by atoms with Gasteiger partial charge in [-0.15, -0.1) is 0 Å². The largest absolute Gasteiger partial charge is 0.480 e. The van der Waals surface area contributed by atoms with E-state index in [9.17, 15) is 13.2 Å². The van der Waals surface area contributed by atoms with Crippen LogP contribution < -0.4 is 4.72 Å². The second kappa shape index (κ2) is 6.03. The molecule has 8 heteroatoms. The summed E-state index contributed by atoms with van der Waals surface area (Å²) < 4.78 is 30.6. The monoisotopic (exact) mass is 283 g/mol. The maximum absolute atomic E-state index is 11.7. The van der Waals surface area contributed by atoms with E-state index in [1.54, 1.807) is 0 Å². The van der Waals surface area contributed by atoms with Gasteiger partial charge in [0, 0.05) is 19.5 Å². The first-order chi connectivity index (χ1) is 7.92. The molecule has 1 fully saturated rings. The zero-order valence-electron chi connectivity index (χ0n) is 9.64. The fourth-order valence-electron chi connectivity index (χ4n) is 1.60. The van der Waals surface area contributed by atoms with Crippen molar-refractivity contribution in [3.8, 4) is 0 Å². The highest BCUT2D eigenvalue weighted by Crippen LogP contribution is 2.29. The average molecular weight is 283 g/mol. The van der Waals surface area contributed by atoms with Crippen LogP contribution in [0, 0.1) is 0 Å². The number of carboxylic acids is 1. The van der Waals surface area contributed by atoms with Gasteiger partial charge >= 0.3 is 5.97 Å². The Morgan fingerprint density at radius 1 is 1.59 bits per heavy atom. The quantitative estimate of drug-likeness (QED) is 0.634. The number of nitrogens with one attached hydrogen (secondary N) is 1. The van der Waals surface area contributed by atoms with Crippen LogP contribution in [-0.4, -0.2) is 56.0 Å². The van der Waals surface area contributed by atoms with Crippen molar-refractivity contribution in [1.82, 2.24) is 4.72 Å². The molecule has 1 saturated heterocycles. The lowest BCUT2D eigenvalue weighted by Crippen LogP contribution is -2.55. The van der Waals surface area contributed by atoms with Crippen LogP contribution in [0.2, 0.25) is 0 Å². The van der Waals surface area contributed by atoms with E-state index in [2.05, 4.69) is 4.72 Å². The maximum atomic E-state index is 11.7. The van der Waals surface area contributed by atoms with Gasteiger partial charge in [0.2, 0.25) is 10.0 Å². The predicted octanol–water partition coefficient (Wildman–Crippen LogP) is -0.0974. The Labute approximate surface area is 105 Å². The molecule has 17 heavy (non-hydrogen) atoms. The summed E-state index contributed by atoms with van der Waals surface area (Å²) in [5, 5.41) is 9.13. The summed E-state index contributed by atoms with van der Waals surface area (Å²) in [6.45, 7) is 0.343. The number of hydrogen-bond acceptors (Lipinski definition) is 5. The van der Waals surface area contributed by atoms with Crippen LogP contribution in [0.1, 0.15) is 12.8 Å². The van der Waals surface area contributed by atoms with Gasteiger partial charge in [-0.05, 0) is 18.6 Å². The van der Waals surface area contributed by atoms with E-state index in [1.807, 2.05) is 0 Å². The zero-order chi connectivity index (χ0) is 12.9. The summed E-state index contributed by atoms with van der Waals surface area (Å²) >= 11 is 1.45. The molecule has 0 aromatic carbocycles. The van der Waals surface area contributed by atoms with E-state index >= 15 is 0 Å². The molecule has 0 amide bonds. The SMILES string of the molecule is COCCCS(=O)(=O)NC1(C(=O)O)CCSC1. The fourth-order valence-corrected chi connectivity index (χ4v) is 4.47. The van der Waals surface area contributed by atoms with Crippen molar-refractivity contribution >= 4 is 27.8 Å². The highest BCUT2D eigenvalue weighted by atomic mass is 32.2. The third-order valence-corrected chi connectivity index (χ3v) is 5.26. The fraction of sp³-hybridized carbons (Fsp3) is 0.889. The van der Waals surface area contributed by atoms with Gasteiger partial charge in [-0.2, -0.15) is 16.5 Å². The van der Waals surface area contributed by atoms with E-state index in [-0.39, 0.29) is 11.5 Å². The second-order valence-electron chi connectivity index (χ2n) is 3.96. The van der Waals surface area contributed by atoms with Crippen molar-refractivity contribution in [2.24, 2.45) is 0 Å². The molecule has 0 aromatic heterocycles. The van der Waals surface area contributed by atoms with Crippen LogP contribution >= 0.6 is 11.8 Å². The van der Waals surface area contributed by atoms with E-state index in [4.69, 9.17) is 9.84 Å². The molecule has 100 valence electrons. The molecule has 1 heterocycles. The molecule has 1 aliphatic heterocycles. The molecule has 1 rings (SSSR count). The van der Waals surface area contributed by atoms with Crippen molar-refractivity contribution in [3.05, 3.63) is 0 Å². The summed E-state index contributed by atoms with van der Waals surface area (Å²) in [5.41, 5.74) is -1.32. The summed E-state index contributed by atoms with van der Waals surface area (Å²) in [6.07, 6.45) is 0.686. The van der Waals surface area contributed by atoms with Crippen molar-refractivity contribution in [2.75, 3.05) is 31.0 Å². The molecule has 1 aliphatic rings. The van der Waals surface area contributed by atoms with Crippen LogP contribution in [0.15, 0.2) is 0 Å². The smallest absolute Gasteiger partial charge is 0.325 e. The molecule has 0 aromatic rings. The number of sulfonamides is 1. The molecule has 2 N–H and O–H groups in total. The first-order valence-electron chi connectivity index (χ1n) is 5.24. The third-order valence-electron chi connectivity index (χ3n) is 2.54. The molecule has 0 bridgehead atoms. The molecule has 0 saturated carbocycles. The first-order valence-corrected chi connectivity index (χ1v) is 8.04. The minimum Gasteiger partial charge on any atom is -0.480 e.